The monoisotopic (exact) mass is 698 g/mol. The van der Waals surface area contributed by atoms with Crippen molar-refractivity contribution in [2.24, 2.45) is 0 Å². The van der Waals surface area contributed by atoms with Crippen LogP contribution in [0.5, 0.6) is 0 Å². The number of methoxy groups -OCH3 is 2. The number of aromatic nitrogens is 1. The molecule has 2 aromatic rings. The number of aryl methyl sites for hydroxylation is 1. The van der Waals surface area contributed by atoms with Gasteiger partial charge in [0.05, 0.1) is 35.7 Å². The number of carbonyl (C=O) groups is 4. The van der Waals surface area contributed by atoms with Crippen molar-refractivity contribution < 1.29 is 51.1 Å². The molecule has 3 amide bonds. The summed E-state index contributed by atoms with van der Waals surface area (Å²) in [5.74, 6) is -3.06. The van der Waals surface area contributed by atoms with Gasteiger partial charge < -0.3 is 35.3 Å². The van der Waals surface area contributed by atoms with Crippen LogP contribution in [0.4, 0.5) is 0 Å². The molecule has 260 valence electrons. The maximum atomic E-state index is 13.7. The highest BCUT2D eigenvalue weighted by atomic mass is 32.2. The van der Waals surface area contributed by atoms with E-state index in [0.717, 1.165) is 18.3 Å². The van der Waals surface area contributed by atoms with Gasteiger partial charge in [-0.25, -0.2) is 4.98 Å². The van der Waals surface area contributed by atoms with E-state index in [0.29, 0.717) is 10.6 Å². The minimum absolute atomic E-state index is 0.0709. The van der Waals surface area contributed by atoms with Crippen molar-refractivity contribution in [3.8, 4) is 0 Å². The van der Waals surface area contributed by atoms with Crippen LogP contribution in [0, 0.1) is 6.92 Å². The number of aliphatic hydroxyl groups is 1. The van der Waals surface area contributed by atoms with Crippen LogP contribution in [0.3, 0.4) is 0 Å². The van der Waals surface area contributed by atoms with Crippen LogP contribution < -0.4 is 16.0 Å². The van der Waals surface area contributed by atoms with Crippen molar-refractivity contribution in [1.82, 2.24) is 20.9 Å². The highest BCUT2D eigenvalue weighted by Crippen LogP contribution is 2.21. The Kier molecular flexibility index (Phi) is 14.4. The third-order valence-electron chi connectivity index (χ3n) is 7.29. The molecule has 0 saturated carbocycles. The minimum atomic E-state index is -4.12. The van der Waals surface area contributed by atoms with Gasteiger partial charge in [-0.1, -0.05) is 30.3 Å². The molecular weight excluding hydrogens is 656 g/mol. The van der Waals surface area contributed by atoms with Gasteiger partial charge >= 0.3 is 0 Å². The van der Waals surface area contributed by atoms with Crippen LogP contribution >= 0.6 is 11.3 Å². The van der Waals surface area contributed by atoms with Crippen LogP contribution in [0.25, 0.3) is 0 Å². The summed E-state index contributed by atoms with van der Waals surface area (Å²) in [7, 11) is -1.47. The van der Waals surface area contributed by atoms with E-state index in [9.17, 15) is 32.7 Å². The second kappa shape index (κ2) is 17.7. The standard InChI is InChI=1S/C30H42N4O11S2/c1-19-31-15-25(46-19)29(38)34-24(17-43-4)28(37)33-23(16-42-3)27(36)32-22(14-20-8-6-5-7-9-20)26(35)30(2,39)18-45-47(40,41)21-10-12-44-13-11-21/h5-9,15,21-24,39H,10-14,16-18H2,1-4H3,(H,32,36)(H,33,37)(H,34,38)/t22-,23-,24-,30?/m0/s1. The number of carbonyl (C=O) groups excluding carboxylic acids is 4. The van der Waals surface area contributed by atoms with Crippen LogP contribution in [-0.4, -0.2) is 118 Å². The van der Waals surface area contributed by atoms with E-state index in [4.69, 9.17) is 18.4 Å². The zero-order valence-electron chi connectivity index (χ0n) is 26.7. The lowest BCUT2D eigenvalue weighted by Gasteiger charge is -2.30. The number of nitrogens with one attached hydrogen (secondary N) is 3. The Hall–Kier alpha value is -3.32. The lowest BCUT2D eigenvalue weighted by molar-refractivity contribution is -0.143. The number of ether oxygens (including phenoxy) is 3. The molecule has 15 nitrogen and oxygen atoms in total. The molecule has 4 N–H and O–H groups in total. The quantitative estimate of drug-likeness (QED) is 0.151. The molecule has 0 bridgehead atoms. The molecule has 0 aliphatic carbocycles. The Bertz CT molecular complexity index is 1460. The van der Waals surface area contributed by atoms with Gasteiger partial charge in [-0.2, -0.15) is 8.42 Å². The van der Waals surface area contributed by atoms with E-state index in [2.05, 4.69) is 20.9 Å². The highest BCUT2D eigenvalue weighted by Gasteiger charge is 2.41. The molecule has 17 heteroatoms. The summed E-state index contributed by atoms with van der Waals surface area (Å²) < 4.78 is 46.1. The second-order valence-corrected chi connectivity index (χ2v) is 14.3. The van der Waals surface area contributed by atoms with Gasteiger partial charge in [0.15, 0.2) is 5.78 Å². The average molecular weight is 699 g/mol. The Morgan fingerprint density at radius 2 is 1.57 bits per heavy atom. The molecule has 1 aliphatic rings. The van der Waals surface area contributed by atoms with Crippen LogP contribution in [0.2, 0.25) is 0 Å². The summed E-state index contributed by atoms with van der Waals surface area (Å²) in [5, 5.41) is 18.6. The fraction of sp³-hybridized carbons (Fsp3) is 0.567. The summed E-state index contributed by atoms with van der Waals surface area (Å²) in [6.45, 7) is 1.93. The number of amides is 3. The Labute approximate surface area is 277 Å². The molecule has 1 saturated heterocycles. The van der Waals surface area contributed by atoms with E-state index < -0.39 is 69.2 Å². The number of benzene rings is 1. The van der Waals surface area contributed by atoms with Gasteiger partial charge in [0.1, 0.15) is 29.2 Å². The maximum Gasteiger partial charge on any atom is 0.270 e. The molecule has 0 radical (unpaired) electrons. The molecule has 0 spiro atoms. The SMILES string of the molecule is COC[C@H](NC(=O)c1cnc(C)s1)C(=O)N[C@@H](COC)C(=O)N[C@@H](Cc1ccccc1)C(=O)C(C)(O)COS(=O)(=O)C1CCOCC1. The number of Topliss-reactive ketones (excluding diaryl/α,β-unsaturated/α-hetero) is 1. The first kappa shape index (κ1) is 38.1. The van der Waals surface area contributed by atoms with Gasteiger partial charge in [0, 0.05) is 27.4 Å². The van der Waals surface area contributed by atoms with Gasteiger partial charge in [-0.3, -0.25) is 23.4 Å². The van der Waals surface area contributed by atoms with Gasteiger partial charge in [0.25, 0.3) is 16.0 Å². The second-order valence-electron chi connectivity index (χ2n) is 11.2. The number of hydrogen-bond donors (Lipinski definition) is 4. The van der Waals surface area contributed by atoms with Crippen molar-refractivity contribution in [1.29, 1.82) is 0 Å². The lowest BCUT2D eigenvalue weighted by Crippen LogP contribution is -2.60. The molecule has 1 aromatic heterocycles. The van der Waals surface area contributed by atoms with Crippen molar-refractivity contribution >= 4 is 45.0 Å². The van der Waals surface area contributed by atoms with E-state index >= 15 is 0 Å². The first-order valence-corrected chi connectivity index (χ1v) is 17.1. The summed E-state index contributed by atoms with van der Waals surface area (Å²) in [6, 6.07) is 4.75. The third-order valence-corrected chi connectivity index (χ3v) is 9.94. The third kappa shape index (κ3) is 11.4. The Balaban J connectivity index is 1.76. The van der Waals surface area contributed by atoms with Crippen molar-refractivity contribution in [3.05, 3.63) is 52.0 Å². The van der Waals surface area contributed by atoms with Gasteiger partial charge in [0.2, 0.25) is 11.8 Å². The Morgan fingerprint density at radius 1 is 1.00 bits per heavy atom. The van der Waals surface area contributed by atoms with Gasteiger partial charge in [-0.05, 0) is 38.7 Å². The number of ketones is 1. The van der Waals surface area contributed by atoms with E-state index in [1.54, 1.807) is 37.3 Å². The highest BCUT2D eigenvalue weighted by molar-refractivity contribution is 7.87. The topological polar surface area (TPSA) is 209 Å². The number of thiazole rings is 1. The normalized spacial score (nSPS) is 17.1. The van der Waals surface area contributed by atoms with E-state index in [1.807, 2.05) is 0 Å². The maximum absolute atomic E-state index is 13.7. The fourth-order valence-corrected chi connectivity index (χ4v) is 6.74. The molecule has 4 atom stereocenters. The number of nitrogens with zero attached hydrogens (tertiary/aromatic N) is 1. The lowest BCUT2D eigenvalue weighted by atomic mass is 9.91. The first-order valence-electron chi connectivity index (χ1n) is 14.9. The fourth-order valence-electron chi connectivity index (χ4n) is 4.70. The summed E-state index contributed by atoms with van der Waals surface area (Å²) in [5.41, 5.74) is -1.69. The van der Waals surface area contributed by atoms with Crippen LogP contribution in [0.15, 0.2) is 36.5 Å². The molecule has 47 heavy (non-hydrogen) atoms. The van der Waals surface area contributed by atoms with Crippen molar-refractivity contribution in [3.63, 3.8) is 0 Å². The number of hydrogen-bond acceptors (Lipinski definition) is 13. The zero-order valence-corrected chi connectivity index (χ0v) is 28.4. The van der Waals surface area contributed by atoms with Crippen LogP contribution in [-0.2, 0) is 49.3 Å². The average Bonchev–Trinajstić information content (AvgIpc) is 3.50. The van der Waals surface area contributed by atoms with Crippen LogP contribution in [0.1, 0.15) is 40.0 Å². The van der Waals surface area contributed by atoms with Gasteiger partial charge in [-0.15, -0.1) is 11.3 Å². The summed E-state index contributed by atoms with van der Waals surface area (Å²) in [4.78, 5) is 57.5. The Morgan fingerprint density at radius 3 is 2.13 bits per heavy atom. The largest absolute Gasteiger partial charge is 0.382 e. The first-order chi connectivity index (χ1) is 22.3. The molecule has 2 heterocycles. The van der Waals surface area contributed by atoms with E-state index in [1.165, 1.54) is 20.4 Å². The zero-order chi connectivity index (χ0) is 34.6. The molecule has 1 aliphatic heterocycles. The molecule has 1 aromatic carbocycles. The molecular formula is C30H42N4O11S2. The summed E-state index contributed by atoms with van der Waals surface area (Å²) >= 11 is 1.14. The molecule has 1 unspecified atom stereocenters. The van der Waals surface area contributed by atoms with Crippen molar-refractivity contribution in [2.75, 3.05) is 47.3 Å². The molecule has 3 rings (SSSR count). The predicted molar refractivity (Wildman–Crippen MR) is 170 cm³/mol. The summed E-state index contributed by atoms with van der Waals surface area (Å²) in [6.07, 6.45) is 1.75. The minimum Gasteiger partial charge on any atom is -0.382 e. The van der Waals surface area contributed by atoms with Crippen molar-refractivity contribution in [2.45, 2.75) is 62.1 Å². The number of rotatable bonds is 18. The molecule has 1 fully saturated rings. The smallest absolute Gasteiger partial charge is 0.270 e. The van der Waals surface area contributed by atoms with E-state index in [-0.39, 0.29) is 50.6 Å². The predicted octanol–water partition coefficient (Wildman–Crippen LogP) is -0.0995.